The largest absolute Gasteiger partial charge is 0.379 e. The lowest BCUT2D eigenvalue weighted by Gasteiger charge is -2.39. The van der Waals surface area contributed by atoms with Crippen molar-refractivity contribution >= 4 is 23.4 Å². The number of nitro benzene ring substituents is 1. The van der Waals surface area contributed by atoms with Crippen molar-refractivity contribution in [2.45, 2.75) is 97.4 Å². The summed E-state index contributed by atoms with van der Waals surface area (Å²) in [5.41, 5.74) is 6.22. The summed E-state index contributed by atoms with van der Waals surface area (Å²) in [4.78, 5) is 55.5. The van der Waals surface area contributed by atoms with Gasteiger partial charge in [0.2, 0.25) is 17.7 Å². The second kappa shape index (κ2) is 20.1. The SMILES string of the molecule is CCC.CCC(C)C(C(CC(=O)N1CCCC1C(OC)C(C)C(=O)N(C)CCc1ccccc1[N+](=O)[O-])OC)N(C)C(=O)CN. The van der Waals surface area contributed by atoms with E-state index in [2.05, 4.69) is 13.8 Å². The van der Waals surface area contributed by atoms with Gasteiger partial charge >= 0.3 is 0 Å². The number of para-hydroxylation sites is 1. The molecular formula is C33H57N5O7. The van der Waals surface area contributed by atoms with Crippen LogP contribution in [0, 0.1) is 22.0 Å². The van der Waals surface area contributed by atoms with Crippen LogP contribution in [0.25, 0.3) is 0 Å². The Balaban J connectivity index is 0.00000324. The smallest absolute Gasteiger partial charge is 0.272 e. The lowest BCUT2D eigenvalue weighted by Crippen LogP contribution is -2.54. The Morgan fingerprint density at radius 2 is 1.73 bits per heavy atom. The summed E-state index contributed by atoms with van der Waals surface area (Å²) in [5, 5.41) is 11.4. The van der Waals surface area contributed by atoms with Gasteiger partial charge in [0.05, 0.1) is 48.1 Å². The molecule has 0 bridgehead atoms. The number of nitro groups is 1. The molecule has 6 unspecified atom stereocenters. The van der Waals surface area contributed by atoms with Crippen LogP contribution in [0.2, 0.25) is 0 Å². The summed E-state index contributed by atoms with van der Waals surface area (Å²) in [5.74, 6) is -0.962. The number of rotatable bonds is 16. The first kappa shape index (κ1) is 39.9. The van der Waals surface area contributed by atoms with Gasteiger partial charge in [-0.3, -0.25) is 24.5 Å². The summed E-state index contributed by atoms with van der Waals surface area (Å²) in [6.45, 7) is 10.8. The highest BCUT2D eigenvalue weighted by molar-refractivity contribution is 5.81. The number of benzene rings is 1. The lowest BCUT2D eigenvalue weighted by molar-refractivity contribution is -0.385. The first-order valence-corrected chi connectivity index (χ1v) is 16.1. The molecule has 45 heavy (non-hydrogen) atoms. The maximum Gasteiger partial charge on any atom is 0.272 e. The number of ether oxygens (including phenoxy) is 2. The summed E-state index contributed by atoms with van der Waals surface area (Å²) in [6.07, 6.45) is 2.88. The molecule has 1 fully saturated rings. The number of likely N-dealkylation sites (N-methyl/N-ethyl adjacent to an activating group) is 2. The normalized spacial score (nSPS) is 17.7. The van der Waals surface area contributed by atoms with Gasteiger partial charge in [-0.2, -0.15) is 0 Å². The Hall–Kier alpha value is -3.09. The van der Waals surface area contributed by atoms with Crippen LogP contribution in [0.15, 0.2) is 24.3 Å². The minimum atomic E-state index is -0.552. The second-order valence-electron chi connectivity index (χ2n) is 12.0. The van der Waals surface area contributed by atoms with Crippen molar-refractivity contribution in [3.8, 4) is 0 Å². The standard InChI is InChI=1S/C30H49N5O7.C3H8/c1-8-20(2)28(33(5)27(37)19-31)25(41-6)18-26(36)34-16-11-14-24(34)29(42-7)21(3)30(38)32(4)17-15-22-12-9-10-13-23(22)35(39)40;1-3-2/h9-10,12-13,20-21,24-25,28-29H,8,11,14-19,31H2,1-7H3;3H2,1-2H3. The van der Waals surface area contributed by atoms with Gasteiger partial charge in [-0.05, 0) is 25.2 Å². The van der Waals surface area contributed by atoms with Crippen molar-refractivity contribution < 1.29 is 28.8 Å². The number of nitrogens with two attached hydrogens (primary N) is 1. The van der Waals surface area contributed by atoms with Crippen molar-refractivity contribution in [2.24, 2.45) is 17.6 Å². The summed E-state index contributed by atoms with van der Waals surface area (Å²) in [6, 6.07) is 5.89. The number of carbonyl (C=O) groups excluding carboxylic acids is 3. The molecule has 0 spiro atoms. The maximum absolute atomic E-state index is 13.7. The average Bonchev–Trinajstić information content (AvgIpc) is 3.52. The zero-order valence-electron chi connectivity index (χ0n) is 28.9. The number of nitrogens with zero attached hydrogens (tertiary/aromatic N) is 4. The molecule has 0 saturated carbocycles. The van der Waals surface area contributed by atoms with Crippen molar-refractivity contribution in [3.63, 3.8) is 0 Å². The fourth-order valence-electron chi connectivity index (χ4n) is 6.11. The molecule has 12 nitrogen and oxygen atoms in total. The first-order valence-electron chi connectivity index (χ1n) is 16.1. The molecule has 1 aliphatic rings. The van der Waals surface area contributed by atoms with Crippen LogP contribution in [0.5, 0.6) is 0 Å². The van der Waals surface area contributed by atoms with Crippen LogP contribution in [0.3, 0.4) is 0 Å². The highest BCUT2D eigenvalue weighted by Crippen LogP contribution is 2.30. The van der Waals surface area contributed by atoms with Crippen molar-refractivity contribution in [3.05, 3.63) is 39.9 Å². The molecular weight excluding hydrogens is 578 g/mol. The minimum absolute atomic E-state index is 0.0322. The van der Waals surface area contributed by atoms with E-state index < -0.39 is 23.0 Å². The molecule has 2 rings (SSSR count). The molecule has 256 valence electrons. The number of hydrogen-bond acceptors (Lipinski definition) is 8. The predicted molar refractivity (Wildman–Crippen MR) is 176 cm³/mol. The number of methoxy groups -OCH3 is 2. The molecule has 1 aromatic carbocycles. The number of hydrogen-bond donors (Lipinski definition) is 1. The molecule has 1 aliphatic heterocycles. The first-order chi connectivity index (χ1) is 21.3. The fourth-order valence-corrected chi connectivity index (χ4v) is 6.11. The van der Waals surface area contributed by atoms with E-state index in [1.807, 2.05) is 13.8 Å². The minimum Gasteiger partial charge on any atom is -0.379 e. The molecule has 0 aliphatic carbocycles. The van der Waals surface area contributed by atoms with Crippen LogP contribution in [-0.2, 0) is 30.3 Å². The van der Waals surface area contributed by atoms with Crippen molar-refractivity contribution in [1.29, 1.82) is 0 Å². The third-order valence-electron chi connectivity index (χ3n) is 8.74. The van der Waals surface area contributed by atoms with Crippen molar-refractivity contribution in [2.75, 3.05) is 47.9 Å². The van der Waals surface area contributed by atoms with Crippen LogP contribution in [-0.4, -0.2) is 110 Å². The van der Waals surface area contributed by atoms with Crippen LogP contribution >= 0.6 is 0 Å². The van der Waals surface area contributed by atoms with Crippen molar-refractivity contribution in [1.82, 2.24) is 14.7 Å². The fraction of sp³-hybridized carbons (Fsp3) is 0.727. The molecule has 0 radical (unpaired) electrons. The molecule has 12 heteroatoms. The zero-order chi connectivity index (χ0) is 34.3. The average molecular weight is 636 g/mol. The number of amides is 3. The third-order valence-corrected chi connectivity index (χ3v) is 8.74. The van der Waals surface area contributed by atoms with Crippen LogP contribution < -0.4 is 5.73 Å². The molecule has 1 aromatic rings. The molecule has 1 saturated heterocycles. The number of likely N-dealkylation sites (tertiary alicyclic amines) is 1. The van der Waals surface area contributed by atoms with Gasteiger partial charge in [-0.15, -0.1) is 0 Å². The Kier molecular flexibility index (Phi) is 17.9. The Bertz CT molecular complexity index is 1090. The number of carbonyl (C=O) groups is 3. The van der Waals surface area contributed by atoms with Gasteiger partial charge in [-0.1, -0.05) is 65.7 Å². The van der Waals surface area contributed by atoms with Gasteiger partial charge in [0.1, 0.15) is 0 Å². The molecule has 1 heterocycles. The Labute approximate surface area is 269 Å². The zero-order valence-corrected chi connectivity index (χ0v) is 28.9. The Morgan fingerprint density at radius 3 is 2.27 bits per heavy atom. The monoisotopic (exact) mass is 635 g/mol. The third kappa shape index (κ3) is 11.0. The van der Waals surface area contributed by atoms with Gasteiger partial charge in [0, 0.05) is 53.0 Å². The van der Waals surface area contributed by atoms with E-state index in [9.17, 15) is 24.5 Å². The maximum atomic E-state index is 13.7. The molecule has 6 atom stereocenters. The predicted octanol–water partition coefficient (Wildman–Crippen LogP) is 3.89. The van der Waals surface area contributed by atoms with E-state index in [1.165, 1.54) is 12.5 Å². The van der Waals surface area contributed by atoms with E-state index in [-0.39, 0.29) is 54.4 Å². The quantitative estimate of drug-likeness (QED) is 0.213. The highest BCUT2D eigenvalue weighted by Gasteiger charge is 2.42. The van der Waals surface area contributed by atoms with E-state index in [0.29, 0.717) is 31.5 Å². The van der Waals surface area contributed by atoms with E-state index in [1.54, 1.807) is 68.1 Å². The highest BCUT2D eigenvalue weighted by atomic mass is 16.6. The summed E-state index contributed by atoms with van der Waals surface area (Å²) in [7, 11) is 6.47. The molecule has 0 aromatic heterocycles. The summed E-state index contributed by atoms with van der Waals surface area (Å²) < 4.78 is 11.6. The van der Waals surface area contributed by atoms with Gasteiger partial charge in [0.25, 0.3) is 5.69 Å². The second-order valence-corrected chi connectivity index (χ2v) is 12.0. The van der Waals surface area contributed by atoms with Gasteiger partial charge in [0.15, 0.2) is 0 Å². The van der Waals surface area contributed by atoms with E-state index in [4.69, 9.17) is 15.2 Å². The van der Waals surface area contributed by atoms with E-state index in [0.717, 1.165) is 12.8 Å². The topological polar surface area (TPSA) is 149 Å². The lowest BCUT2D eigenvalue weighted by atomic mass is 9.90. The van der Waals surface area contributed by atoms with Gasteiger partial charge < -0.3 is 29.9 Å². The van der Waals surface area contributed by atoms with Crippen LogP contribution in [0.1, 0.15) is 72.3 Å². The summed E-state index contributed by atoms with van der Waals surface area (Å²) >= 11 is 0. The van der Waals surface area contributed by atoms with Gasteiger partial charge in [-0.25, -0.2) is 0 Å². The van der Waals surface area contributed by atoms with E-state index >= 15 is 0 Å². The molecule has 2 N–H and O–H groups in total. The Morgan fingerprint density at radius 1 is 1.11 bits per heavy atom. The van der Waals surface area contributed by atoms with Crippen LogP contribution in [0.4, 0.5) is 5.69 Å². The molecule has 3 amide bonds.